The van der Waals surface area contributed by atoms with Crippen LogP contribution in [0.25, 0.3) is 11.1 Å². The Balaban J connectivity index is 1.94. The van der Waals surface area contributed by atoms with E-state index in [-0.39, 0.29) is 11.8 Å². The summed E-state index contributed by atoms with van der Waals surface area (Å²) in [5.74, 6) is 0.102. The molecule has 1 aliphatic carbocycles. The van der Waals surface area contributed by atoms with Crippen LogP contribution in [0, 0.1) is 10.8 Å². The number of hydrogen-bond acceptors (Lipinski definition) is 3. The van der Waals surface area contributed by atoms with Gasteiger partial charge in [-0.15, -0.1) is 4.91 Å². The van der Waals surface area contributed by atoms with E-state index >= 15 is 0 Å². The number of nitrogens with zero attached hydrogens (tertiary/aromatic N) is 2. The second-order valence-corrected chi connectivity index (χ2v) is 6.07. The van der Waals surface area contributed by atoms with Crippen LogP contribution in [0.15, 0.2) is 53.8 Å². The minimum absolute atomic E-state index is 0.209. The Morgan fingerprint density at radius 2 is 1.68 bits per heavy atom. The van der Waals surface area contributed by atoms with Crippen LogP contribution in [-0.4, -0.2) is 5.91 Å². The molecule has 0 radical (unpaired) electrons. The minimum atomic E-state index is -0.284. The second-order valence-electron chi connectivity index (χ2n) is 6.07. The predicted molar refractivity (Wildman–Crippen MR) is 85.2 cm³/mol. The maximum absolute atomic E-state index is 12.9. The molecule has 1 heterocycles. The molecule has 1 fully saturated rings. The fourth-order valence-electron chi connectivity index (χ4n) is 3.33. The van der Waals surface area contributed by atoms with Gasteiger partial charge in [0.2, 0.25) is 0 Å². The number of nitroso groups, excluding NO2 is 1. The number of carbonyl (C=O) groups excluding carboxylic acids is 1. The van der Waals surface area contributed by atoms with Crippen LogP contribution in [0.1, 0.15) is 30.7 Å². The van der Waals surface area contributed by atoms with Gasteiger partial charge in [-0.25, -0.2) is 0 Å². The lowest BCUT2D eigenvalue weighted by atomic mass is 9.88. The lowest BCUT2D eigenvalue weighted by Crippen LogP contribution is -2.29. The molecule has 2 aromatic rings. The number of para-hydroxylation sites is 1. The Kier molecular flexibility index (Phi) is 3.03. The van der Waals surface area contributed by atoms with Crippen molar-refractivity contribution in [2.75, 3.05) is 5.01 Å². The highest BCUT2D eigenvalue weighted by molar-refractivity contribution is 6.04. The largest absolute Gasteiger partial charge is 0.272 e. The van der Waals surface area contributed by atoms with E-state index in [9.17, 15) is 9.70 Å². The average molecular weight is 292 g/mol. The van der Waals surface area contributed by atoms with Crippen molar-refractivity contribution in [3.63, 3.8) is 0 Å². The zero-order valence-electron chi connectivity index (χ0n) is 12.1. The van der Waals surface area contributed by atoms with Gasteiger partial charge in [0.05, 0.1) is 16.9 Å². The molecule has 0 N–H and O–H groups in total. The Morgan fingerprint density at radius 1 is 1.00 bits per heavy atom. The molecule has 0 spiro atoms. The summed E-state index contributed by atoms with van der Waals surface area (Å²) in [4.78, 5) is 24.2. The molecule has 0 saturated heterocycles. The molecular weight excluding hydrogens is 276 g/mol. The first-order valence-corrected chi connectivity index (χ1v) is 7.65. The molecule has 4 rings (SSSR count). The highest BCUT2D eigenvalue weighted by atomic mass is 16.3. The van der Waals surface area contributed by atoms with Gasteiger partial charge in [-0.1, -0.05) is 55.3 Å². The summed E-state index contributed by atoms with van der Waals surface area (Å²) < 4.78 is 0. The molecule has 22 heavy (non-hydrogen) atoms. The van der Waals surface area contributed by atoms with E-state index in [0.717, 1.165) is 28.1 Å². The number of carbonyl (C=O) groups is 1. The zero-order valence-corrected chi connectivity index (χ0v) is 12.1. The molecule has 0 bridgehead atoms. The van der Waals surface area contributed by atoms with Gasteiger partial charge in [0, 0.05) is 5.56 Å². The molecule has 1 aliphatic heterocycles. The predicted octanol–water partition coefficient (Wildman–Crippen LogP) is 4.27. The molecule has 4 heteroatoms. The SMILES string of the molecule is O=NN1C(=O)C(CC2CC2)c2ccccc2-c2ccccc21. The standard InChI is InChI=1S/C18H16N2O2/c21-18-16(11-12-9-10-12)14-6-2-1-5-13(14)15-7-3-4-8-17(15)20(18)19-22/h1-8,12,16H,9-11H2. The summed E-state index contributed by atoms with van der Waals surface area (Å²) >= 11 is 0. The van der Waals surface area contributed by atoms with Gasteiger partial charge < -0.3 is 0 Å². The number of benzene rings is 2. The number of anilines is 1. The van der Waals surface area contributed by atoms with E-state index < -0.39 is 0 Å². The first kappa shape index (κ1) is 13.2. The highest BCUT2D eigenvalue weighted by Gasteiger charge is 2.38. The molecule has 0 aromatic heterocycles. The molecule has 1 saturated carbocycles. The van der Waals surface area contributed by atoms with E-state index in [0.29, 0.717) is 11.6 Å². The van der Waals surface area contributed by atoms with Crippen LogP contribution >= 0.6 is 0 Å². The fourth-order valence-corrected chi connectivity index (χ4v) is 3.33. The van der Waals surface area contributed by atoms with Crippen molar-refractivity contribution in [2.45, 2.75) is 25.2 Å². The van der Waals surface area contributed by atoms with Gasteiger partial charge in [-0.3, -0.25) is 4.79 Å². The number of amides is 1. The highest BCUT2D eigenvalue weighted by Crippen LogP contribution is 2.46. The van der Waals surface area contributed by atoms with Gasteiger partial charge in [0.15, 0.2) is 0 Å². The van der Waals surface area contributed by atoms with Crippen molar-refractivity contribution >= 4 is 11.6 Å². The third-order valence-electron chi connectivity index (χ3n) is 4.61. The summed E-state index contributed by atoms with van der Waals surface area (Å²) in [6.07, 6.45) is 3.15. The van der Waals surface area contributed by atoms with E-state index in [2.05, 4.69) is 5.29 Å². The van der Waals surface area contributed by atoms with Gasteiger partial charge in [0.1, 0.15) is 0 Å². The van der Waals surface area contributed by atoms with Crippen molar-refractivity contribution < 1.29 is 4.79 Å². The monoisotopic (exact) mass is 292 g/mol. The van der Waals surface area contributed by atoms with E-state index in [4.69, 9.17) is 0 Å². The topological polar surface area (TPSA) is 49.7 Å². The van der Waals surface area contributed by atoms with Crippen molar-refractivity contribution in [1.29, 1.82) is 0 Å². The van der Waals surface area contributed by atoms with E-state index in [1.807, 2.05) is 42.5 Å². The van der Waals surface area contributed by atoms with Crippen molar-refractivity contribution in [1.82, 2.24) is 0 Å². The maximum atomic E-state index is 12.9. The van der Waals surface area contributed by atoms with Crippen molar-refractivity contribution in [3.05, 3.63) is 59.0 Å². The summed E-state index contributed by atoms with van der Waals surface area (Å²) in [7, 11) is 0. The Bertz CT molecular complexity index is 752. The van der Waals surface area contributed by atoms with Crippen LogP contribution in [0.4, 0.5) is 5.69 Å². The Labute approximate surface area is 128 Å². The first-order valence-electron chi connectivity index (χ1n) is 7.65. The first-order chi connectivity index (χ1) is 10.8. The quantitative estimate of drug-likeness (QED) is 0.793. The summed E-state index contributed by atoms with van der Waals surface area (Å²) in [6, 6.07) is 15.4. The molecule has 2 aromatic carbocycles. The summed E-state index contributed by atoms with van der Waals surface area (Å²) in [5.41, 5.74) is 3.51. The van der Waals surface area contributed by atoms with Crippen LogP contribution in [-0.2, 0) is 4.79 Å². The number of fused-ring (bicyclic) bond motifs is 3. The van der Waals surface area contributed by atoms with E-state index in [1.54, 1.807) is 6.07 Å². The van der Waals surface area contributed by atoms with Crippen LogP contribution in [0.3, 0.4) is 0 Å². The maximum Gasteiger partial charge on any atom is 0.257 e. The van der Waals surface area contributed by atoms with Crippen molar-refractivity contribution in [2.24, 2.45) is 11.2 Å². The van der Waals surface area contributed by atoms with Crippen LogP contribution in [0.2, 0.25) is 0 Å². The van der Waals surface area contributed by atoms with Gasteiger partial charge >= 0.3 is 0 Å². The van der Waals surface area contributed by atoms with Gasteiger partial charge in [-0.2, -0.15) is 5.01 Å². The molecule has 1 amide bonds. The normalized spacial score (nSPS) is 20.1. The average Bonchev–Trinajstić information content (AvgIpc) is 3.38. The van der Waals surface area contributed by atoms with Gasteiger partial charge in [-0.05, 0) is 29.5 Å². The molecule has 4 nitrogen and oxygen atoms in total. The summed E-state index contributed by atoms with van der Waals surface area (Å²) in [6.45, 7) is 0. The van der Waals surface area contributed by atoms with Crippen LogP contribution < -0.4 is 5.01 Å². The van der Waals surface area contributed by atoms with Crippen molar-refractivity contribution in [3.8, 4) is 11.1 Å². The second kappa shape index (κ2) is 5.05. The van der Waals surface area contributed by atoms with Crippen LogP contribution in [0.5, 0.6) is 0 Å². The molecule has 2 aliphatic rings. The number of rotatable bonds is 3. The smallest absolute Gasteiger partial charge is 0.257 e. The fraction of sp³-hybridized carbons (Fsp3) is 0.278. The lowest BCUT2D eigenvalue weighted by Gasteiger charge is -2.18. The molecule has 1 unspecified atom stereocenters. The zero-order chi connectivity index (χ0) is 15.1. The molecule has 110 valence electrons. The number of hydrogen-bond donors (Lipinski definition) is 0. The van der Waals surface area contributed by atoms with E-state index in [1.165, 1.54) is 12.8 Å². The molecule has 1 atom stereocenters. The third-order valence-corrected chi connectivity index (χ3v) is 4.61. The summed E-state index contributed by atoms with van der Waals surface area (Å²) in [5, 5.41) is 4.07. The minimum Gasteiger partial charge on any atom is -0.272 e. The third kappa shape index (κ3) is 2.03. The van der Waals surface area contributed by atoms with Gasteiger partial charge in [0.25, 0.3) is 5.91 Å². The Hall–Kier alpha value is -2.49. The molecular formula is C18H16N2O2. The lowest BCUT2D eigenvalue weighted by molar-refractivity contribution is -0.120. The Morgan fingerprint density at radius 3 is 2.41 bits per heavy atom.